The van der Waals surface area contributed by atoms with E-state index in [9.17, 15) is 19.5 Å². The van der Waals surface area contributed by atoms with Gasteiger partial charge in [-0.1, -0.05) is 29.8 Å². The highest BCUT2D eigenvalue weighted by atomic mass is 35.5. The van der Waals surface area contributed by atoms with Crippen LogP contribution in [0.2, 0.25) is 5.02 Å². The maximum absolute atomic E-state index is 12.9. The number of nitrogens with zero attached hydrogens (tertiary/aromatic N) is 1. The molecule has 1 aliphatic heterocycles. The molecule has 23 heavy (non-hydrogen) atoms. The third kappa shape index (κ3) is 3.38. The fourth-order valence-corrected chi connectivity index (χ4v) is 3.26. The molecule has 1 heterocycles. The van der Waals surface area contributed by atoms with E-state index in [2.05, 4.69) is 0 Å². The van der Waals surface area contributed by atoms with Crippen LogP contribution in [-0.2, 0) is 24.5 Å². The van der Waals surface area contributed by atoms with Crippen molar-refractivity contribution >= 4 is 29.4 Å². The van der Waals surface area contributed by atoms with Crippen molar-refractivity contribution in [1.29, 1.82) is 0 Å². The number of hydrogen-bond acceptors (Lipinski definition) is 4. The van der Waals surface area contributed by atoms with Crippen molar-refractivity contribution in [3.8, 4) is 0 Å². The van der Waals surface area contributed by atoms with Crippen molar-refractivity contribution in [3.63, 3.8) is 0 Å². The van der Waals surface area contributed by atoms with Crippen LogP contribution in [0.4, 0.5) is 0 Å². The zero-order chi connectivity index (χ0) is 17.0. The van der Waals surface area contributed by atoms with E-state index in [0.29, 0.717) is 18.6 Å². The van der Waals surface area contributed by atoms with Crippen molar-refractivity contribution in [3.05, 3.63) is 34.9 Å². The molecule has 0 radical (unpaired) electrons. The summed E-state index contributed by atoms with van der Waals surface area (Å²) in [5, 5.41) is 9.54. The molecule has 1 fully saturated rings. The monoisotopic (exact) mass is 339 g/mol. The minimum atomic E-state index is -1.44. The molecule has 124 valence electrons. The third-order valence-corrected chi connectivity index (χ3v) is 4.31. The van der Waals surface area contributed by atoms with Crippen LogP contribution in [0.3, 0.4) is 0 Å². The standard InChI is InChI=1S/C16H18ClNO5/c1-23-8-4-7-18-13(19)9-16(15(18)22,10-14(20)21)11-5-2-3-6-12(11)17/h2-3,5-6H,4,7-10H2,1H3,(H,20,21)/t16-/m0/s1. The average molecular weight is 340 g/mol. The van der Waals surface area contributed by atoms with Crippen molar-refractivity contribution in [2.45, 2.75) is 24.7 Å². The van der Waals surface area contributed by atoms with Crippen molar-refractivity contribution in [2.75, 3.05) is 20.3 Å². The smallest absolute Gasteiger partial charge is 0.304 e. The van der Waals surface area contributed by atoms with Gasteiger partial charge in [0.1, 0.15) is 0 Å². The Morgan fingerprint density at radius 3 is 2.70 bits per heavy atom. The van der Waals surface area contributed by atoms with E-state index in [1.165, 1.54) is 7.11 Å². The van der Waals surface area contributed by atoms with Gasteiger partial charge < -0.3 is 9.84 Å². The number of amides is 2. The molecule has 0 aromatic heterocycles. The lowest BCUT2D eigenvalue weighted by Gasteiger charge is -2.26. The molecular formula is C16H18ClNO5. The number of carboxylic acids is 1. The number of carboxylic acid groups (broad SMARTS) is 1. The van der Waals surface area contributed by atoms with Crippen LogP contribution in [0, 0.1) is 0 Å². The fraction of sp³-hybridized carbons (Fsp3) is 0.438. The predicted octanol–water partition coefficient (Wildman–Crippen LogP) is 1.85. The Balaban J connectivity index is 2.40. The topological polar surface area (TPSA) is 83.9 Å². The molecular weight excluding hydrogens is 322 g/mol. The Kier molecular flexibility index (Phi) is 5.38. The average Bonchev–Trinajstić information content (AvgIpc) is 2.72. The molecule has 0 bridgehead atoms. The van der Waals surface area contributed by atoms with E-state index < -0.39 is 23.7 Å². The first-order valence-corrected chi connectivity index (χ1v) is 7.60. The predicted molar refractivity (Wildman–Crippen MR) is 83.2 cm³/mol. The summed E-state index contributed by atoms with van der Waals surface area (Å²) in [6.07, 6.45) is -0.156. The number of imide groups is 1. The Morgan fingerprint density at radius 2 is 2.09 bits per heavy atom. The van der Waals surface area contributed by atoms with Gasteiger partial charge in [0.05, 0.1) is 11.8 Å². The normalized spacial score (nSPS) is 21.0. The van der Waals surface area contributed by atoms with Crippen LogP contribution >= 0.6 is 11.6 Å². The highest BCUT2D eigenvalue weighted by Crippen LogP contribution is 2.42. The summed E-state index contributed by atoms with van der Waals surface area (Å²) in [6, 6.07) is 6.56. The second kappa shape index (κ2) is 7.10. The molecule has 0 aliphatic carbocycles. The molecule has 0 unspecified atom stereocenters. The number of carbonyl (C=O) groups excluding carboxylic acids is 2. The van der Waals surface area contributed by atoms with E-state index in [0.717, 1.165) is 4.90 Å². The first-order valence-electron chi connectivity index (χ1n) is 7.23. The Labute approximate surface area is 139 Å². The molecule has 1 aromatic carbocycles. The number of carbonyl (C=O) groups is 3. The van der Waals surface area contributed by atoms with Gasteiger partial charge in [0.2, 0.25) is 11.8 Å². The van der Waals surface area contributed by atoms with Crippen LogP contribution in [0.5, 0.6) is 0 Å². The number of aliphatic carboxylic acids is 1. The number of benzene rings is 1. The first-order chi connectivity index (χ1) is 10.9. The molecule has 1 N–H and O–H groups in total. The highest BCUT2D eigenvalue weighted by Gasteiger charge is 2.54. The number of methoxy groups -OCH3 is 1. The van der Waals surface area contributed by atoms with Gasteiger partial charge in [0.15, 0.2) is 0 Å². The fourth-order valence-electron chi connectivity index (χ4n) is 2.95. The first kappa shape index (κ1) is 17.4. The van der Waals surface area contributed by atoms with Crippen molar-refractivity contribution in [1.82, 2.24) is 4.90 Å². The second-order valence-electron chi connectivity index (χ2n) is 5.51. The Hall–Kier alpha value is -1.92. The second-order valence-corrected chi connectivity index (χ2v) is 5.91. The summed E-state index contributed by atoms with van der Waals surface area (Å²) in [5.41, 5.74) is -1.05. The maximum Gasteiger partial charge on any atom is 0.304 e. The van der Waals surface area contributed by atoms with E-state index >= 15 is 0 Å². The molecule has 6 nitrogen and oxygen atoms in total. The number of rotatable bonds is 7. The summed E-state index contributed by atoms with van der Waals surface area (Å²) in [7, 11) is 1.53. The lowest BCUT2D eigenvalue weighted by Crippen LogP contribution is -2.40. The molecule has 1 atom stereocenters. The molecule has 7 heteroatoms. The molecule has 1 aromatic rings. The Morgan fingerprint density at radius 1 is 1.39 bits per heavy atom. The van der Waals surface area contributed by atoms with E-state index in [1.807, 2.05) is 0 Å². The van der Waals surface area contributed by atoms with Gasteiger partial charge in [0.25, 0.3) is 0 Å². The molecule has 0 saturated carbocycles. The molecule has 0 spiro atoms. The molecule has 2 amide bonds. The van der Waals surface area contributed by atoms with Crippen LogP contribution in [0.15, 0.2) is 24.3 Å². The SMILES string of the molecule is COCCCN1C(=O)C[C@](CC(=O)O)(c2ccccc2Cl)C1=O. The van der Waals surface area contributed by atoms with E-state index in [1.54, 1.807) is 24.3 Å². The lowest BCUT2D eigenvalue weighted by molar-refractivity contribution is -0.145. The third-order valence-electron chi connectivity index (χ3n) is 3.98. The van der Waals surface area contributed by atoms with Crippen LogP contribution in [0.25, 0.3) is 0 Å². The summed E-state index contributed by atoms with van der Waals surface area (Å²) >= 11 is 6.17. The van der Waals surface area contributed by atoms with Crippen LogP contribution in [-0.4, -0.2) is 48.1 Å². The summed E-state index contributed by atoms with van der Waals surface area (Å²) in [4.78, 5) is 37.6. The number of likely N-dealkylation sites (tertiary alicyclic amines) is 1. The molecule has 2 rings (SSSR count). The van der Waals surface area contributed by atoms with E-state index in [4.69, 9.17) is 16.3 Å². The number of halogens is 1. The lowest BCUT2D eigenvalue weighted by atomic mass is 9.76. The van der Waals surface area contributed by atoms with Gasteiger partial charge in [0, 0.05) is 31.7 Å². The Bertz CT molecular complexity index is 633. The van der Waals surface area contributed by atoms with Gasteiger partial charge in [-0.2, -0.15) is 0 Å². The minimum Gasteiger partial charge on any atom is -0.481 e. The summed E-state index contributed by atoms with van der Waals surface area (Å²) in [6.45, 7) is 0.617. The van der Waals surface area contributed by atoms with Gasteiger partial charge in [-0.15, -0.1) is 0 Å². The van der Waals surface area contributed by atoms with Gasteiger partial charge in [-0.25, -0.2) is 0 Å². The van der Waals surface area contributed by atoms with Crippen LogP contribution in [0.1, 0.15) is 24.8 Å². The summed E-state index contributed by atoms with van der Waals surface area (Å²) < 4.78 is 4.93. The number of hydrogen-bond donors (Lipinski definition) is 1. The summed E-state index contributed by atoms with van der Waals surface area (Å²) in [5.74, 6) is -2.04. The van der Waals surface area contributed by atoms with Crippen molar-refractivity contribution < 1.29 is 24.2 Å². The highest BCUT2D eigenvalue weighted by molar-refractivity contribution is 6.32. The van der Waals surface area contributed by atoms with Gasteiger partial charge in [-0.05, 0) is 18.1 Å². The minimum absolute atomic E-state index is 0.186. The number of ether oxygens (including phenoxy) is 1. The van der Waals surface area contributed by atoms with Gasteiger partial charge in [-0.3, -0.25) is 19.3 Å². The van der Waals surface area contributed by atoms with Crippen molar-refractivity contribution in [2.24, 2.45) is 0 Å². The largest absolute Gasteiger partial charge is 0.481 e. The molecule has 1 aliphatic rings. The maximum atomic E-state index is 12.9. The zero-order valence-corrected chi connectivity index (χ0v) is 13.5. The van der Waals surface area contributed by atoms with Crippen LogP contribution < -0.4 is 0 Å². The van der Waals surface area contributed by atoms with E-state index in [-0.39, 0.29) is 23.9 Å². The quantitative estimate of drug-likeness (QED) is 0.605. The van der Waals surface area contributed by atoms with Gasteiger partial charge >= 0.3 is 5.97 Å². The molecule has 1 saturated heterocycles. The zero-order valence-electron chi connectivity index (χ0n) is 12.8.